The number of hydrogen-bond donors (Lipinski definition) is 1. The number of nitrogens with zero attached hydrogens (tertiary/aromatic N) is 1. The summed E-state index contributed by atoms with van der Waals surface area (Å²) in [5.74, 6) is 0.957. The molecule has 3 nitrogen and oxygen atoms in total. The van der Waals surface area contributed by atoms with E-state index < -0.39 is 0 Å². The molecule has 0 aliphatic heterocycles. The van der Waals surface area contributed by atoms with E-state index in [0.29, 0.717) is 0 Å². The lowest BCUT2D eigenvalue weighted by Gasteiger charge is -2.30. The second kappa shape index (κ2) is 5.85. The van der Waals surface area contributed by atoms with Gasteiger partial charge in [0.1, 0.15) is 5.76 Å². The Hall–Kier alpha value is -1.58. The van der Waals surface area contributed by atoms with Crippen LogP contribution in [0.15, 0.2) is 53.1 Å². The Labute approximate surface area is 108 Å². The van der Waals surface area contributed by atoms with Crippen LogP contribution in [0.4, 0.5) is 0 Å². The van der Waals surface area contributed by atoms with E-state index >= 15 is 0 Å². The minimum Gasteiger partial charge on any atom is -0.468 e. The molecule has 1 heterocycles. The van der Waals surface area contributed by atoms with Gasteiger partial charge in [-0.25, -0.2) is 0 Å². The highest BCUT2D eigenvalue weighted by Gasteiger charge is 2.21. The molecule has 0 aliphatic carbocycles. The molecule has 0 saturated carbocycles. The zero-order valence-corrected chi connectivity index (χ0v) is 10.9. The van der Waals surface area contributed by atoms with Crippen LogP contribution in [0.25, 0.3) is 0 Å². The lowest BCUT2D eigenvalue weighted by Crippen LogP contribution is -2.36. The van der Waals surface area contributed by atoms with Crippen molar-refractivity contribution < 1.29 is 4.42 Å². The van der Waals surface area contributed by atoms with Gasteiger partial charge in [-0.15, -0.1) is 0 Å². The summed E-state index contributed by atoms with van der Waals surface area (Å²) in [5, 5.41) is 0. The van der Waals surface area contributed by atoms with E-state index in [-0.39, 0.29) is 12.1 Å². The lowest BCUT2D eigenvalue weighted by atomic mass is 9.99. The van der Waals surface area contributed by atoms with Crippen LogP contribution >= 0.6 is 0 Å². The van der Waals surface area contributed by atoms with E-state index in [2.05, 4.69) is 24.1 Å². The monoisotopic (exact) mass is 244 g/mol. The maximum atomic E-state index is 6.13. The fourth-order valence-electron chi connectivity index (χ4n) is 2.36. The van der Waals surface area contributed by atoms with Crippen molar-refractivity contribution in [1.82, 2.24) is 4.90 Å². The van der Waals surface area contributed by atoms with Gasteiger partial charge in [-0.3, -0.25) is 4.90 Å². The van der Waals surface area contributed by atoms with Crippen LogP contribution in [-0.2, 0) is 6.54 Å². The lowest BCUT2D eigenvalue weighted by molar-refractivity contribution is 0.196. The summed E-state index contributed by atoms with van der Waals surface area (Å²) in [6, 6.07) is 14.5. The molecule has 2 N–H and O–H groups in total. The van der Waals surface area contributed by atoms with E-state index in [9.17, 15) is 0 Å². The molecule has 1 aromatic carbocycles. The Morgan fingerprint density at radius 2 is 1.89 bits per heavy atom. The van der Waals surface area contributed by atoms with Crippen molar-refractivity contribution in [2.75, 3.05) is 7.05 Å². The summed E-state index contributed by atoms with van der Waals surface area (Å²) in [6.07, 6.45) is 1.70. The largest absolute Gasteiger partial charge is 0.468 e. The van der Waals surface area contributed by atoms with Gasteiger partial charge in [0.05, 0.1) is 12.8 Å². The molecule has 3 heteroatoms. The summed E-state index contributed by atoms with van der Waals surface area (Å²) in [7, 11) is 2.07. The van der Waals surface area contributed by atoms with Gasteiger partial charge < -0.3 is 10.2 Å². The minimum atomic E-state index is 0.0624. The van der Waals surface area contributed by atoms with Gasteiger partial charge in [0.25, 0.3) is 0 Å². The van der Waals surface area contributed by atoms with Gasteiger partial charge in [-0.2, -0.15) is 0 Å². The van der Waals surface area contributed by atoms with Gasteiger partial charge in [-0.05, 0) is 31.7 Å². The number of nitrogens with two attached hydrogens (primary N) is 1. The highest BCUT2D eigenvalue weighted by Crippen LogP contribution is 2.23. The number of benzene rings is 1. The first-order chi connectivity index (χ1) is 8.68. The Morgan fingerprint density at radius 3 is 2.44 bits per heavy atom. The third-order valence-corrected chi connectivity index (χ3v) is 3.10. The molecule has 96 valence electrons. The summed E-state index contributed by atoms with van der Waals surface area (Å²) < 4.78 is 5.39. The molecule has 0 fully saturated rings. The normalized spacial score (nSPS) is 14.7. The molecule has 0 amide bonds. The molecule has 2 rings (SSSR count). The van der Waals surface area contributed by atoms with E-state index in [1.165, 1.54) is 5.56 Å². The van der Waals surface area contributed by atoms with Crippen molar-refractivity contribution in [3.8, 4) is 0 Å². The van der Waals surface area contributed by atoms with E-state index in [1.807, 2.05) is 37.3 Å². The van der Waals surface area contributed by atoms with Crippen LogP contribution in [0, 0.1) is 0 Å². The van der Waals surface area contributed by atoms with Crippen LogP contribution in [0.1, 0.15) is 24.3 Å². The molecule has 0 aliphatic rings. The summed E-state index contributed by atoms with van der Waals surface area (Å²) in [6.45, 7) is 2.80. The predicted octanol–water partition coefficient (Wildman–Crippen LogP) is 2.80. The van der Waals surface area contributed by atoms with Crippen LogP contribution in [0.5, 0.6) is 0 Å². The number of hydrogen-bond acceptors (Lipinski definition) is 3. The minimum absolute atomic E-state index is 0.0624. The van der Waals surface area contributed by atoms with Crippen molar-refractivity contribution in [2.24, 2.45) is 5.73 Å². The number of likely N-dealkylation sites (N-methyl/N-ethyl adjacent to an activating group) is 1. The zero-order valence-electron chi connectivity index (χ0n) is 10.9. The molecule has 2 unspecified atom stereocenters. The van der Waals surface area contributed by atoms with Gasteiger partial charge in [0.15, 0.2) is 0 Å². The van der Waals surface area contributed by atoms with Crippen molar-refractivity contribution in [3.05, 3.63) is 60.1 Å². The Kier molecular flexibility index (Phi) is 4.18. The fraction of sp³-hybridized carbons (Fsp3) is 0.333. The molecule has 2 atom stereocenters. The van der Waals surface area contributed by atoms with Crippen LogP contribution in [0.3, 0.4) is 0 Å². The summed E-state index contributed by atoms with van der Waals surface area (Å²) in [5.41, 5.74) is 7.36. The molecule has 0 spiro atoms. The van der Waals surface area contributed by atoms with Crippen LogP contribution < -0.4 is 5.73 Å². The van der Waals surface area contributed by atoms with Crippen molar-refractivity contribution in [1.29, 1.82) is 0 Å². The first kappa shape index (κ1) is 12.9. The molecule has 18 heavy (non-hydrogen) atoms. The molecule has 0 radical (unpaired) electrons. The first-order valence-corrected chi connectivity index (χ1v) is 6.21. The average Bonchev–Trinajstić information content (AvgIpc) is 2.83. The average molecular weight is 244 g/mol. The van der Waals surface area contributed by atoms with Crippen molar-refractivity contribution >= 4 is 0 Å². The SMILES string of the molecule is CC(N)C(c1ccccc1)N(C)Cc1ccco1. The highest BCUT2D eigenvalue weighted by atomic mass is 16.3. The van der Waals surface area contributed by atoms with Gasteiger partial charge in [0, 0.05) is 12.1 Å². The van der Waals surface area contributed by atoms with E-state index in [0.717, 1.165) is 12.3 Å². The molecular weight excluding hydrogens is 224 g/mol. The Balaban J connectivity index is 2.15. The molecule has 2 aromatic rings. The third-order valence-electron chi connectivity index (χ3n) is 3.10. The Morgan fingerprint density at radius 1 is 1.17 bits per heavy atom. The van der Waals surface area contributed by atoms with Crippen LogP contribution in [-0.4, -0.2) is 18.0 Å². The third kappa shape index (κ3) is 3.00. The smallest absolute Gasteiger partial charge is 0.117 e. The zero-order chi connectivity index (χ0) is 13.0. The topological polar surface area (TPSA) is 42.4 Å². The fourth-order valence-corrected chi connectivity index (χ4v) is 2.36. The quantitative estimate of drug-likeness (QED) is 0.879. The first-order valence-electron chi connectivity index (χ1n) is 6.21. The molecule has 0 saturated heterocycles. The molecular formula is C15H20N2O. The van der Waals surface area contributed by atoms with E-state index in [1.54, 1.807) is 6.26 Å². The summed E-state index contributed by atoms with van der Waals surface area (Å²) in [4.78, 5) is 2.22. The van der Waals surface area contributed by atoms with Crippen molar-refractivity contribution in [2.45, 2.75) is 25.6 Å². The number of furan rings is 1. The maximum absolute atomic E-state index is 6.13. The predicted molar refractivity (Wildman–Crippen MR) is 73.0 cm³/mol. The second-order valence-electron chi connectivity index (χ2n) is 4.71. The van der Waals surface area contributed by atoms with E-state index in [4.69, 9.17) is 10.2 Å². The second-order valence-corrected chi connectivity index (χ2v) is 4.71. The van der Waals surface area contributed by atoms with Gasteiger partial charge in [0.2, 0.25) is 0 Å². The Bertz CT molecular complexity index is 451. The number of rotatable bonds is 5. The standard InChI is InChI=1S/C15H20N2O/c1-12(16)15(13-7-4-3-5-8-13)17(2)11-14-9-6-10-18-14/h3-10,12,15H,11,16H2,1-2H3. The van der Waals surface area contributed by atoms with Crippen molar-refractivity contribution in [3.63, 3.8) is 0 Å². The van der Waals surface area contributed by atoms with Gasteiger partial charge in [-0.1, -0.05) is 30.3 Å². The summed E-state index contributed by atoms with van der Waals surface area (Å²) >= 11 is 0. The maximum Gasteiger partial charge on any atom is 0.117 e. The highest BCUT2D eigenvalue weighted by molar-refractivity contribution is 5.20. The molecule has 0 bridgehead atoms. The van der Waals surface area contributed by atoms with Gasteiger partial charge >= 0.3 is 0 Å². The van der Waals surface area contributed by atoms with Crippen LogP contribution in [0.2, 0.25) is 0 Å². The molecule has 1 aromatic heterocycles.